The number of benzene rings is 1. The summed E-state index contributed by atoms with van der Waals surface area (Å²) in [7, 11) is 0. The van der Waals surface area contributed by atoms with Crippen molar-refractivity contribution in [3.8, 4) is 0 Å². The Bertz CT molecular complexity index is 534. The van der Waals surface area contributed by atoms with Crippen LogP contribution in [0.25, 0.3) is 0 Å². The molecule has 7 heteroatoms. The van der Waals surface area contributed by atoms with Crippen LogP contribution in [0.5, 0.6) is 0 Å². The maximum Gasteiger partial charge on any atom is 0.331 e. The van der Waals surface area contributed by atoms with Gasteiger partial charge in [-0.25, -0.2) is 18.0 Å². The first kappa shape index (κ1) is 16.0. The summed E-state index contributed by atoms with van der Waals surface area (Å²) in [6.07, 6.45) is 0.439. The summed E-state index contributed by atoms with van der Waals surface area (Å²) in [6.45, 7) is 2.89. The Labute approximate surface area is 113 Å². The number of halogens is 3. The van der Waals surface area contributed by atoms with E-state index in [1.807, 2.05) is 0 Å². The Morgan fingerprint density at radius 3 is 2.20 bits per heavy atom. The van der Waals surface area contributed by atoms with E-state index in [2.05, 4.69) is 0 Å². The second-order valence-corrected chi connectivity index (χ2v) is 4.24. The predicted molar refractivity (Wildman–Crippen MR) is 64.4 cm³/mol. The van der Waals surface area contributed by atoms with Crippen molar-refractivity contribution in [1.29, 1.82) is 0 Å². The number of carbonyl (C=O) groups excluding carboxylic acids is 1. The molecule has 0 heterocycles. The van der Waals surface area contributed by atoms with E-state index in [0.29, 0.717) is 12.5 Å². The molecule has 0 saturated carbocycles. The van der Waals surface area contributed by atoms with Crippen LogP contribution in [-0.2, 0) is 9.59 Å². The smallest absolute Gasteiger partial charge is 0.331 e. The van der Waals surface area contributed by atoms with Gasteiger partial charge in [0.05, 0.1) is 0 Å². The van der Waals surface area contributed by atoms with Gasteiger partial charge >= 0.3 is 5.97 Å². The molecule has 1 rings (SSSR count). The fourth-order valence-corrected chi connectivity index (χ4v) is 1.89. The van der Waals surface area contributed by atoms with Gasteiger partial charge in [-0.15, -0.1) is 0 Å². The first-order chi connectivity index (χ1) is 9.29. The highest BCUT2D eigenvalue weighted by Gasteiger charge is 2.32. The minimum Gasteiger partial charge on any atom is -0.479 e. The van der Waals surface area contributed by atoms with Gasteiger partial charge in [-0.1, -0.05) is 6.92 Å². The molecule has 0 aliphatic carbocycles. The Hall–Kier alpha value is -2.05. The van der Waals surface area contributed by atoms with Gasteiger partial charge in [0.2, 0.25) is 5.91 Å². The molecular formula is C13H14F3NO3. The Morgan fingerprint density at radius 2 is 1.75 bits per heavy atom. The SMILES string of the molecule is CCCN(C(C)=O)C(C(=O)O)c1cc(F)c(F)cc1F. The summed E-state index contributed by atoms with van der Waals surface area (Å²) in [6, 6.07) is -0.956. The van der Waals surface area contributed by atoms with Crippen LogP contribution in [0.3, 0.4) is 0 Å². The molecule has 0 aromatic heterocycles. The van der Waals surface area contributed by atoms with Crippen LogP contribution in [-0.4, -0.2) is 28.4 Å². The highest BCUT2D eigenvalue weighted by molar-refractivity contribution is 5.83. The number of aliphatic carboxylic acids is 1. The van der Waals surface area contributed by atoms with E-state index in [1.165, 1.54) is 0 Å². The van der Waals surface area contributed by atoms with Crippen molar-refractivity contribution in [3.63, 3.8) is 0 Å². The van der Waals surface area contributed by atoms with Crippen molar-refractivity contribution in [2.24, 2.45) is 0 Å². The van der Waals surface area contributed by atoms with E-state index in [0.717, 1.165) is 11.8 Å². The highest BCUT2D eigenvalue weighted by atomic mass is 19.2. The molecule has 1 aromatic carbocycles. The summed E-state index contributed by atoms with van der Waals surface area (Å²) in [5.74, 6) is -6.10. The summed E-state index contributed by atoms with van der Waals surface area (Å²) in [4.78, 5) is 23.7. The number of hydrogen-bond donors (Lipinski definition) is 1. The third-order valence-electron chi connectivity index (χ3n) is 2.75. The minimum atomic E-state index is -1.69. The van der Waals surface area contributed by atoms with Crippen LogP contribution in [0.1, 0.15) is 31.9 Å². The van der Waals surface area contributed by atoms with Gasteiger partial charge in [-0.2, -0.15) is 0 Å². The Balaban J connectivity index is 3.36. The molecule has 1 atom stereocenters. The zero-order chi connectivity index (χ0) is 15.4. The first-order valence-electron chi connectivity index (χ1n) is 5.94. The van der Waals surface area contributed by atoms with Crippen LogP contribution >= 0.6 is 0 Å². The van der Waals surface area contributed by atoms with Gasteiger partial charge in [-0.05, 0) is 12.5 Å². The number of carbonyl (C=O) groups is 2. The maximum atomic E-state index is 13.7. The molecule has 0 radical (unpaired) electrons. The van der Waals surface area contributed by atoms with E-state index in [1.54, 1.807) is 6.92 Å². The zero-order valence-corrected chi connectivity index (χ0v) is 11.0. The lowest BCUT2D eigenvalue weighted by Crippen LogP contribution is -2.38. The molecular weight excluding hydrogens is 275 g/mol. The van der Waals surface area contributed by atoms with Gasteiger partial charge in [0.1, 0.15) is 5.82 Å². The molecule has 1 amide bonds. The van der Waals surface area contributed by atoms with Crippen LogP contribution in [0.2, 0.25) is 0 Å². The first-order valence-corrected chi connectivity index (χ1v) is 5.94. The number of amides is 1. The lowest BCUT2D eigenvalue weighted by molar-refractivity contribution is -0.150. The molecule has 1 N–H and O–H groups in total. The van der Waals surface area contributed by atoms with Crippen molar-refractivity contribution in [3.05, 3.63) is 35.1 Å². The van der Waals surface area contributed by atoms with Crippen molar-refractivity contribution < 1.29 is 27.9 Å². The summed E-state index contributed by atoms with van der Waals surface area (Å²) < 4.78 is 39.8. The molecule has 4 nitrogen and oxygen atoms in total. The van der Waals surface area contributed by atoms with E-state index < -0.39 is 40.9 Å². The van der Waals surface area contributed by atoms with Crippen LogP contribution < -0.4 is 0 Å². The topological polar surface area (TPSA) is 57.6 Å². The van der Waals surface area contributed by atoms with Crippen molar-refractivity contribution in [2.45, 2.75) is 26.3 Å². The maximum absolute atomic E-state index is 13.7. The average molecular weight is 289 g/mol. The second kappa shape index (κ2) is 6.40. The van der Waals surface area contributed by atoms with Gasteiger partial charge in [-0.3, -0.25) is 4.79 Å². The Kier molecular flexibility index (Phi) is 5.12. The van der Waals surface area contributed by atoms with Crippen LogP contribution in [0.15, 0.2) is 12.1 Å². The molecule has 0 aliphatic heterocycles. The molecule has 110 valence electrons. The molecule has 0 aliphatic rings. The number of nitrogens with zero attached hydrogens (tertiary/aromatic N) is 1. The van der Waals surface area contributed by atoms with Crippen molar-refractivity contribution >= 4 is 11.9 Å². The summed E-state index contributed by atoms with van der Waals surface area (Å²) in [5.41, 5.74) is -0.583. The summed E-state index contributed by atoms with van der Waals surface area (Å²) >= 11 is 0. The Morgan fingerprint density at radius 1 is 1.20 bits per heavy atom. The fourth-order valence-electron chi connectivity index (χ4n) is 1.89. The van der Waals surface area contributed by atoms with Gasteiger partial charge < -0.3 is 10.0 Å². The van der Waals surface area contributed by atoms with E-state index >= 15 is 0 Å². The monoisotopic (exact) mass is 289 g/mol. The van der Waals surface area contributed by atoms with Crippen molar-refractivity contribution in [1.82, 2.24) is 4.90 Å². The largest absolute Gasteiger partial charge is 0.479 e. The third kappa shape index (κ3) is 3.28. The molecule has 1 aromatic rings. The van der Waals surface area contributed by atoms with Gasteiger partial charge in [0.15, 0.2) is 17.7 Å². The average Bonchev–Trinajstić information content (AvgIpc) is 2.34. The van der Waals surface area contributed by atoms with E-state index in [4.69, 9.17) is 0 Å². The molecule has 0 spiro atoms. The molecule has 20 heavy (non-hydrogen) atoms. The standard InChI is InChI=1S/C13H14F3NO3/c1-3-4-17(7(2)18)12(13(19)20)8-5-10(15)11(16)6-9(8)14/h5-6,12H,3-4H2,1-2H3,(H,19,20). The van der Waals surface area contributed by atoms with Gasteiger partial charge in [0.25, 0.3) is 0 Å². The number of carboxylic acids is 1. The lowest BCUT2D eigenvalue weighted by atomic mass is 10.0. The molecule has 0 bridgehead atoms. The van der Waals surface area contributed by atoms with Crippen LogP contribution in [0, 0.1) is 17.5 Å². The van der Waals surface area contributed by atoms with Crippen LogP contribution in [0.4, 0.5) is 13.2 Å². The van der Waals surface area contributed by atoms with Crippen molar-refractivity contribution in [2.75, 3.05) is 6.54 Å². The molecule has 0 saturated heterocycles. The normalized spacial score (nSPS) is 12.1. The number of carboxylic acid groups (broad SMARTS) is 1. The van der Waals surface area contributed by atoms with E-state index in [9.17, 15) is 27.9 Å². The third-order valence-corrected chi connectivity index (χ3v) is 2.75. The number of rotatable bonds is 5. The quantitative estimate of drug-likeness (QED) is 0.847. The number of hydrogen-bond acceptors (Lipinski definition) is 2. The predicted octanol–water partition coefficient (Wildman–Crippen LogP) is 2.49. The molecule has 0 fully saturated rings. The second-order valence-electron chi connectivity index (χ2n) is 4.24. The zero-order valence-electron chi connectivity index (χ0n) is 11.0. The minimum absolute atomic E-state index is 0.0603. The lowest BCUT2D eigenvalue weighted by Gasteiger charge is -2.28. The van der Waals surface area contributed by atoms with E-state index in [-0.39, 0.29) is 12.6 Å². The highest BCUT2D eigenvalue weighted by Crippen LogP contribution is 2.26. The summed E-state index contributed by atoms with van der Waals surface area (Å²) in [5, 5.41) is 9.18. The fraction of sp³-hybridized carbons (Fsp3) is 0.385. The molecule has 1 unspecified atom stereocenters. The van der Waals surface area contributed by atoms with Gasteiger partial charge in [0, 0.05) is 25.1 Å².